The summed E-state index contributed by atoms with van der Waals surface area (Å²) in [7, 11) is 0. The number of pyridine rings is 1. The molecule has 0 aliphatic heterocycles. The zero-order valence-electron chi connectivity index (χ0n) is 12.5. The Bertz CT molecular complexity index is 721. The Balaban J connectivity index is 2.21. The maximum atomic E-state index is 11.7. The Morgan fingerprint density at radius 3 is 2.68 bits per heavy atom. The number of nitro benzene ring substituents is 1. The van der Waals surface area contributed by atoms with Crippen molar-refractivity contribution >= 4 is 22.6 Å². The van der Waals surface area contributed by atoms with Crippen LogP contribution in [0.25, 0.3) is 10.9 Å². The molecule has 0 atom stereocenters. The molecule has 0 saturated heterocycles. The minimum absolute atomic E-state index is 0.0536. The van der Waals surface area contributed by atoms with Gasteiger partial charge >= 0.3 is 5.97 Å². The Morgan fingerprint density at radius 1 is 1.32 bits per heavy atom. The number of non-ortho nitro benzene ring substituents is 1. The molecule has 0 radical (unpaired) electrons. The first-order valence-electron chi connectivity index (χ1n) is 6.63. The number of esters is 1. The number of fused-ring (bicyclic) bond motifs is 1. The van der Waals surface area contributed by atoms with Gasteiger partial charge in [-0.05, 0) is 39.0 Å². The molecule has 7 heteroatoms. The highest BCUT2D eigenvalue weighted by molar-refractivity contribution is 5.92. The van der Waals surface area contributed by atoms with E-state index in [1.165, 1.54) is 18.3 Å². The SMILES string of the molecule is CC(C)(C)C(=O)OCOc1ccc([N+](=O)[O-])c2cccnc12. The number of hydrogen-bond donors (Lipinski definition) is 0. The van der Waals surface area contributed by atoms with Gasteiger partial charge in [-0.15, -0.1) is 0 Å². The van der Waals surface area contributed by atoms with Gasteiger partial charge < -0.3 is 9.47 Å². The molecule has 0 amide bonds. The minimum Gasteiger partial charge on any atom is -0.455 e. The highest BCUT2D eigenvalue weighted by Gasteiger charge is 2.23. The number of nitrogens with zero attached hydrogens (tertiary/aromatic N) is 2. The summed E-state index contributed by atoms with van der Waals surface area (Å²) in [5, 5.41) is 11.4. The standard InChI is InChI=1S/C15H16N2O5/c1-15(2,3)14(18)22-9-21-12-7-6-11(17(19)20)10-5-4-8-16-13(10)12/h4-8H,9H2,1-3H3. The van der Waals surface area contributed by atoms with Crippen LogP contribution in [-0.2, 0) is 9.53 Å². The van der Waals surface area contributed by atoms with Crippen molar-refractivity contribution in [2.24, 2.45) is 5.41 Å². The second-order valence-electron chi connectivity index (χ2n) is 5.68. The second-order valence-corrected chi connectivity index (χ2v) is 5.68. The second kappa shape index (κ2) is 5.97. The van der Waals surface area contributed by atoms with Crippen molar-refractivity contribution in [1.82, 2.24) is 4.98 Å². The molecule has 0 unspecified atom stereocenters. The van der Waals surface area contributed by atoms with E-state index in [2.05, 4.69) is 4.98 Å². The van der Waals surface area contributed by atoms with E-state index in [4.69, 9.17) is 9.47 Å². The van der Waals surface area contributed by atoms with Gasteiger partial charge in [-0.25, -0.2) is 0 Å². The van der Waals surface area contributed by atoms with Crippen molar-refractivity contribution in [1.29, 1.82) is 0 Å². The van der Waals surface area contributed by atoms with Crippen molar-refractivity contribution in [3.05, 3.63) is 40.6 Å². The summed E-state index contributed by atoms with van der Waals surface area (Å²) >= 11 is 0. The summed E-state index contributed by atoms with van der Waals surface area (Å²) < 4.78 is 10.4. The fourth-order valence-electron chi connectivity index (χ4n) is 1.77. The van der Waals surface area contributed by atoms with Crippen LogP contribution < -0.4 is 4.74 Å². The highest BCUT2D eigenvalue weighted by Crippen LogP contribution is 2.31. The lowest BCUT2D eigenvalue weighted by Crippen LogP contribution is -2.24. The zero-order chi connectivity index (χ0) is 16.3. The van der Waals surface area contributed by atoms with Crippen LogP contribution in [0.5, 0.6) is 5.75 Å². The van der Waals surface area contributed by atoms with Crippen molar-refractivity contribution in [3.8, 4) is 5.75 Å². The molecule has 116 valence electrons. The molecule has 0 bridgehead atoms. The van der Waals surface area contributed by atoms with Gasteiger partial charge in [0, 0.05) is 12.3 Å². The minimum atomic E-state index is -0.626. The van der Waals surface area contributed by atoms with Gasteiger partial charge in [-0.3, -0.25) is 19.9 Å². The first-order valence-corrected chi connectivity index (χ1v) is 6.63. The van der Waals surface area contributed by atoms with Gasteiger partial charge in [-0.1, -0.05) is 0 Å². The van der Waals surface area contributed by atoms with Crippen LogP contribution >= 0.6 is 0 Å². The molecule has 2 aromatic rings. The third kappa shape index (κ3) is 3.30. The van der Waals surface area contributed by atoms with Crippen LogP contribution in [0.1, 0.15) is 20.8 Å². The number of benzene rings is 1. The fraction of sp³-hybridized carbons (Fsp3) is 0.333. The number of ether oxygens (including phenoxy) is 2. The molecule has 1 aromatic heterocycles. The molecule has 22 heavy (non-hydrogen) atoms. The molecule has 0 N–H and O–H groups in total. The van der Waals surface area contributed by atoms with E-state index in [0.29, 0.717) is 16.7 Å². The number of nitro groups is 1. The summed E-state index contributed by atoms with van der Waals surface area (Å²) in [5.74, 6) is -0.0745. The summed E-state index contributed by atoms with van der Waals surface area (Å²) in [6.07, 6.45) is 1.51. The lowest BCUT2D eigenvalue weighted by molar-refractivity contribution is -0.383. The van der Waals surface area contributed by atoms with Crippen molar-refractivity contribution in [2.75, 3.05) is 6.79 Å². The molecule has 1 heterocycles. The first-order chi connectivity index (χ1) is 10.3. The largest absolute Gasteiger partial charge is 0.455 e. The molecule has 0 saturated carbocycles. The van der Waals surface area contributed by atoms with E-state index in [-0.39, 0.29) is 12.5 Å². The molecular weight excluding hydrogens is 288 g/mol. The topological polar surface area (TPSA) is 91.6 Å². The lowest BCUT2D eigenvalue weighted by atomic mass is 9.98. The van der Waals surface area contributed by atoms with E-state index in [0.717, 1.165) is 0 Å². The van der Waals surface area contributed by atoms with Crippen molar-refractivity contribution in [3.63, 3.8) is 0 Å². The summed E-state index contributed by atoms with van der Waals surface area (Å²) in [6.45, 7) is 4.92. The molecule has 0 aliphatic rings. The fourth-order valence-corrected chi connectivity index (χ4v) is 1.77. The molecule has 7 nitrogen and oxygen atoms in total. The van der Waals surface area contributed by atoms with Crippen molar-refractivity contribution < 1.29 is 19.2 Å². The number of aromatic nitrogens is 1. The van der Waals surface area contributed by atoms with Gasteiger partial charge in [0.2, 0.25) is 6.79 Å². The monoisotopic (exact) mass is 304 g/mol. The summed E-state index contributed by atoms with van der Waals surface area (Å²) in [4.78, 5) is 26.3. The molecule has 0 aliphatic carbocycles. The maximum Gasteiger partial charge on any atom is 0.314 e. The van der Waals surface area contributed by atoms with E-state index in [9.17, 15) is 14.9 Å². The molecular formula is C15H16N2O5. The third-order valence-electron chi connectivity index (χ3n) is 2.92. The van der Waals surface area contributed by atoms with Gasteiger partial charge in [0.1, 0.15) is 11.3 Å². The first kappa shape index (κ1) is 15.7. The van der Waals surface area contributed by atoms with Crippen LogP contribution in [0, 0.1) is 15.5 Å². The van der Waals surface area contributed by atoms with E-state index in [1.807, 2.05) is 0 Å². The Kier molecular flexibility index (Phi) is 4.25. The Labute approximate surface area is 127 Å². The normalized spacial score (nSPS) is 11.2. The Hall–Kier alpha value is -2.70. The Morgan fingerprint density at radius 2 is 2.05 bits per heavy atom. The van der Waals surface area contributed by atoms with E-state index in [1.54, 1.807) is 32.9 Å². The smallest absolute Gasteiger partial charge is 0.314 e. The van der Waals surface area contributed by atoms with E-state index >= 15 is 0 Å². The van der Waals surface area contributed by atoms with Crippen LogP contribution in [0.3, 0.4) is 0 Å². The number of carbonyl (C=O) groups excluding carboxylic acids is 1. The molecule has 1 aromatic carbocycles. The predicted octanol–water partition coefficient (Wildman–Crippen LogP) is 3.07. The summed E-state index contributed by atoms with van der Waals surface area (Å²) in [6, 6.07) is 5.98. The van der Waals surface area contributed by atoms with E-state index < -0.39 is 16.3 Å². The highest BCUT2D eigenvalue weighted by atomic mass is 16.7. The summed E-state index contributed by atoms with van der Waals surface area (Å²) in [5.41, 5.74) is -0.329. The molecule has 0 fully saturated rings. The van der Waals surface area contributed by atoms with Crippen LogP contribution in [0.15, 0.2) is 30.5 Å². The van der Waals surface area contributed by atoms with Gasteiger partial charge in [0.25, 0.3) is 5.69 Å². The third-order valence-corrected chi connectivity index (χ3v) is 2.92. The molecule has 2 rings (SSSR count). The lowest BCUT2D eigenvalue weighted by Gasteiger charge is -2.17. The van der Waals surface area contributed by atoms with Crippen LogP contribution in [0.4, 0.5) is 5.69 Å². The number of hydrogen-bond acceptors (Lipinski definition) is 6. The quantitative estimate of drug-likeness (QED) is 0.373. The molecule has 0 spiro atoms. The maximum absolute atomic E-state index is 11.7. The van der Waals surface area contributed by atoms with Crippen LogP contribution in [0.2, 0.25) is 0 Å². The van der Waals surface area contributed by atoms with Crippen LogP contribution in [-0.4, -0.2) is 22.7 Å². The van der Waals surface area contributed by atoms with Gasteiger partial charge in [-0.2, -0.15) is 0 Å². The average molecular weight is 304 g/mol. The zero-order valence-corrected chi connectivity index (χ0v) is 12.5. The van der Waals surface area contributed by atoms with Gasteiger partial charge in [0.05, 0.1) is 15.7 Å². The van der Waals surface area contributed by atoms with Crippen molar-refractivity contribution in [2.45, 2.75) is 20.8 Å². The number of rotatable bonds is 4. The van der Waals surface area contributed by atoms with Gasteiger partial charge in [0.15, 0.2) is 0 Å². The predicted molar refractivity (Wildman–Crippen MR) is 79.4 cm³/mol. The number of carbonyl (C=O) groups is 1. The average Bonchev–Trinajstić information content (AvgIpc) is 2.45.